The van der Waals surface area contributed by atoms with Crippen LogP contribution in [0, 0.1) is 0 Å². The van der Waals surface area contributed by atoms with Crippen LogP contribution < -0.4 is 10.1 Å². The summed E-state index contributed by atoms with van der Waals surface area (Å²) in [5, 5.41) is 23.7. The van der Waals surface area contributed by atoms with Crippen LogP contribution in [0.15, 0.2) is 75.8 Å². The average molecular weight is 588 g/mol. The lowest BCUT2D eigenvalue weighted by atomic mass is 10.0. The molecule has 0 aliphatic heterocycles. The summed E-state index contributed by atoms with van der Waals surface area (Å²) in [6.07, 6.45) is 0.271. The lowest BCUT2D eigenvalue weighted by molar-refractivity contribution is 0.102. The number of fused-ring (bicyclic) bond motifs is 1. The molecule has 0 radical (unpaired) electrons. The smallest absolute Gasteiger partial charge is 0.294 e. The second kappa shape index (κ2) is 11.6. The Balaban J connectivity index is 1.79. The number of nitrogens with zero attached hydrogens (tertiary/aromatic N) is 2. The number of carbonyl (C=O) groups is 1. The van der Waals surface area contributed by atoms with Gasteiger partial charge >= 0.3 is 0 Å². The van der Waals surface area contributed by atoms with Crippen LogP contribution in [0.4, 0.5) is 17.1 Å². The maximum atomic E-state index is 13.3. The molecule has 0 aliphatic rings. The zero-order chi connectivity index (χ0) is 28.3. The summed E-state index contributed by atoms with van der Waals surface area (Å²) in [6.45, 7) is 3.85. The number of nitrogens with one attached hydrogen (secondary N) is 1. The lowest BCUT2D eigenvalue weighted by Crippen LogP contribution is -2.13. The van der Waals surface area contributed by atoms with Gasteiger partial charge in [0.05, 0.1) is 27.8 Å². The molecular weight excluding hydrogens is 565 g/mol. The van der Waals surface area contributed by atoms with Crippen molar-refractivity contribution in [3.63, 3.8) is 0 Å². The summed E-state index contributed by atoms with van der Waals surface area (Å²) in [6, 6.07) is 15.7. The van der Waals surface area contributed by atoms with Crippen LogP contribution in [-0.4, -0.2) is 30.6 Å². The number of benzene rings is 4. The van der Waals surface area contributed by atoms with Gasteiger partial charge in [-0.05, 0) is 54.6 Å². The molecule has 4 aromatic carbocycles. The van der Waals surface area contributed by atoms with Gasteiger partial charge in [0, 0.05) is 16.5 Å². The fraction of sp³-hybridized carbons (Fsp3) is 0.148. The molecule has 0 heterocycles. The number of hydrogen-bond acceptors (Lipinski definition) is 7. The van der Waals surface area contributed by atoms with Gasteiger partial charge in [0.2, 0.25) is 0 Å². The predicted molar refractivity (Wildman–Crippen MR) is 151 cm³/mol. The van der Waals surface area contributed by atoms with Gasteiger partial charge in [-0.2, -0.15) is 8.42 Å². The van der Waals surface area contributed by atoms with E-state index in [1.54, 1.807) is 56.3 Å². The van der Waals surface area contributed by atoms with Crippen molar-refractivity contribution >= 4 is 67.1 Å². The summed E-state index contributed by atoms with van der Waals surface area (Å²) < 4.78 is 38.5. The van der Waals surface area contributed by atoms with Crippen molar-refractivity contribution in [2.45, 2.75) is 25.2 Å². The largest absolute Gasteiger partial charge is 0.505 e. The highest BCUT2D eigenvalue weighted by molar-refractivity contribution is 7.85. The van der Waals surface area contributed by atoms with Crippen LogP contribution in [0.3, 0.4) is 0 Å². The molecule has 0 aliphatic carbocycles. The van der Waals surface area contributed by atoms with Crippen molar-refractivity contribution in [3.8, 4) is 11.5 Å². The number of ether oxygens (including phenoxy) is 1. The molecule has 0 unspecified atom stereocenters. The van der Waals surface area contributed by atoms with Crippen LogP contribution in [-0.2, 0) is 16.5 Å². The molecule has 4 aromatic rings. The number of phenols is 1. The number of azo groups is 1. The summed E-state index contributed by atoms with van der Waals surface area (Å²) in [5.74, 6) is -0.682. The van der Waals surface area contributed by atoms with E-state index in [1.807, 2.05) is 0 Å². The van der Waals surface area contributed by atoms with Crippen molar-refractivity contribution in [1.82, 2.24) is 0 Å². The Morgan fingerprint density at radius 2 is 1.77 bits per heavy atom. The monoisotopic (exact) mass is 587 g/mol. The molecule has 0 atom stereocenters. The molecule has 0 saturated carbocycles. The van der Waals surface area contributed by atoms with E-state index in [0.717, 1.165) is 6.07 Å². The number of phenolic OH excluding ortho intramolecular Hbond substituents is 1. The van der Waals surface area contributed by atoms with Crippen LogP contribution >= 0.6 is 23.2 Å². The first-order valence-electron chi connectivity index (χ1n) is 11.7. The van der Waals surface area contributed by atoms with E-state index in [2.05, 4.69) is 15.5 Å². The number of hydrogen-bond donors (Lipinski definition) is 3. The predicted octanol–water partition coefficient (Wildman–Crippen LogP) is 7.73. The van der Waals surface area contributed by atoms with Crippen molar-refractivity contribution < 1.29 is 27.6 Å². The average Bonchev–Trinajstić information content (AvgIpc) is 2.89. The van der Waals surface area contributed by atoms with Gasteiger partial charge in [-0.25, -0.2) is 0 Å². The molecule has 0 saturated heterocycles. The van der Waals surface area contributed by atoms with Crippen LogP contribution in [0.1, 0.15) is 29.8 Å². The number of aromatic hydroxyl groups is 1. The van der Waals surface area contributed by atoms with Gasteiger partial charge in [0.25, 0.3) is 16.0 Å². The van der Waals surface area contributed by atoms with Gasteiger partial charge in [0.15, 0.2) is 5.75 Å². The fourth-order valence-corrected chi connectivity index (χ4v) is 5.17. The molecule has 0 fully saturated rings. The highest BCUT2D eigenvalue weighted by Crippen LogP contribution is 2.41. The molecule has 3 N–H and O–H groups in total. The zero-order valence-corrected chi connectivity index (χ0v) is 23.1. The van der Waals surface area contributed by atoms with E-state index < -0.39 is 21.8 Å². The van der Waals surface area contributed by atoms with Crippen LogP contribution in [0.2, 0.25) is 10.0 Å². The highest BCUT2D eigenvalue weighted by atomic mass is 35.5. The van der Waals surface area contributed by atoms with Crippen molar-refractivity contribution in [2.24, 2.45) is 10.2 Å². The summed E-state index contributed by atoms with van der Waals surface area (Å²) in [4.78, 5) is 13.0. The maximum absolute atomic E-state index is 13.3. The first-order valence-corrected chi connectivity index (χ1v) is 13.9. The van der Waals surface area contributed by atoms with Gasteiger partial charge in [-0.15, -0.1) is 10.2 Å². The Morgan fingerprint density at radius 1 is 1.03 bits per heavy atom. The van der Waals surface area contributed by atoms with E-state index >= 15 is 0 Å². The first-order chi connectivity index (χ1) is 18.5. The Kier molecular flexibility index (Phi) is 8.41. The molecule has 4 rings (SSSR count). The minimum atomic E-state index is -4.50. The molecule has 1 amide bonds. The molecule has 202 valence electrons. The van der Waals surface area contributed by atoms with Crippen molar-refractivity contribution in [1.29, 1.82) is 0 Å². The first kappa shape index (κ1) is 28.3. The van der Waals surface area contributed by atoms with E-state index in [9.17, 15) is 22.9 Å². The van der Waals surface area contributed by atoms with Crippen molar-refractivity contribution in [2.75, 3.05) is 11.9 Å². The Hall–Kier alpha value is -3.70. The molecule has 39 heavy (non-hydrogen) atoms. The minimum Gasteiger partial charge on any atom is -0.505 e. The zero-order valence-electron chi connectivity index (χ0n) is 20.8. The van der Waals surface area contributed by atoms with Crippen molar-refractivity contribution in [3.05, 3.63) is 81.8 Å². The number of aryl methyl sites for hydroxylation is 1. The molecule has 0 bridgehead atoms. The third-order valence-corrected chi connectivity index (χ3v) is 7.25. The number of halogens is 2. The molecule has 0 spiro atoms. The highest BCUT2D eigenvalue weighted by Gasteiger charge is 2.21. The SMILES string of the molecule is CCOc1cc(Cl)ccc1NC(=O)c1cc2ccccc2c(N=Nc2cc(CC)c(S(=O)(=O)O)cc2Cl)c1O. The second-order valence-corrected chi connectivity index (χ2v) is 10.5. The lowest BCUT2D eigenvalue weighted by Gasteiger charge is -2.14. The molecule has 12 heteroatoms. The van der Waals surface area contributed by atoms with E-state index in [0.29, 0.717) is 33.8 Å². The standard InChI is InChI=1S/C27H23Cl2N3O6S/c1-3-15-12-22(20(29)14-24(15)39(35,36)37)31-32-25-18-8-6-5-7-16(18)11-19(26(25)33)27(34)30-21-10-9-17(28)13-23(21)38-4-2/h5-14,33H,3-4H2,1-2H3,(H,30,34)(H,35,36,37). The third kappa shape index (κ3) is 6.15. The number of carbonyl (C=O) groups excluding carboxylic acids is 1. The Labute approximate surface area is 234 Å². The van der Waals surface area contributed by atoms with Gasteiger partial charge in [0.1, 0.15) is 17.1 Å². The summed E-state index contributed by atoms with van der Waals surface area (Å²) >= 11 is 12.3. The Bertz CT molecular complexity index is 1720. The third-order valence-electron chi connectivity index (χ3n) is 5.78. The molecule has 0 aromatic heterocycles. The van der Waals surface area contributed by atoms with Crippen LogP contribution in [0.5, 0.6) is 11.5 Å². The van der Waals surface area contributed by atoms with Gasteiger partial charge in [-0.3, -0.25) is 9.35 Å². The fourth-order valence-electron chi connectivity index (χ4n) is 3.94. The normalized spacial score (nSPS) is 11.7. The Morgan fingerprint density at radius 3 is 2.46 bits per heavy atom. The van der Waals surface area contributed by atoms with Crippen LogP contribution in [0.25, 0.3) is 10.8 Å². The number of rotatable bonds is 8. The topological polar surface area (TPSA) is 138 Å². The van der Waals surface area contributed by atoms with Gasteiger partial charge in [-0.1, -0.05) is 54.4 Å². The molecular formula is C27H23Cl2N3O6S. The molecule has 9 nitrogen and oxygen atoms in total. The number of amides is 1. The second-order valence-electron chi connectivity index (χ2n) is 8.31. The van der Waals surface area contributed by atoms with Gasteiger partial charge < -0.3 is 15.2 Å². The summed E-state index contributed by atoms with van der Waals surface area (Å²) in [5.41, 5.74) is 0.696. The number of anilines is 1. The summed E-state index contributed by atoms with van der Waals surface area (Å²) in [7, 11) is -4.50. The van der Waals surface area contributed by atoms with E-state index in [1.165, 1.54) is 12.1 Å². The maximum Gasteiger partial charge on any atom is 0.294 e. The van der Waals surface area contributed by atoms with E-state index in [-0.39, 0.29) is 38.8 Å². The quantitative estimate of drug-likeness (QED) is 0.142. The van der Waals surface area contributed by atoms with E-state index in [4.69, 9.17) is 27.9 Å². The minimum absolute atomic E-state index is 0.00681.